The van der Waals surface area contributed by atoms with E-state index in [0.717, 1.165) is 11.3 Å². The highest BCUT2D eigenvalue weighted by Gasteiger charge is 2.35. The third-order valence-corrected chi connectivity index (χ3v) is 4.32. The molecule has 134 valence electrons. The number of benzene rings is 1. The molecular formula is C18H23N3O4. The molecule has 1 aromatic carbocycles. The summed E-state index contributed by atoms with van der Waals surface area (Å²) in [7, 11) is 0. The highest BCUT2D eigenvalue weighted by Crippen LogP contribution is 2.16. The number of rotatable bonds is 6. The van der Waals surface area contributed by atoms with E-state index in [-0.39, 0.29) is 30.7 Å². The van der Waals surface area contributed by atoms with Gasteiger partial charge in [-0.25, -0.2) is 4.79 Å². The van der Waals surface area contributed by atoms with Gasteiger partial charge in [-0.2, -0.15) is 0 Å². The molecule has 7 nitrogen and oxygen atoms in total. The number of urea groups is 1. The topological polar surface area (TPSA) is 86.8 Å². The van der Waals surface area contributed by atoms with Gasteiger partial charge in [0.2, 0.25) is 11.8 Å². The number of amides is 4. The van der Waals surface area contributed by atoms with Crippen LogP contribution in [0.25, 0.3) is 0 Å². The largest absolute Gasteiger partial charge is 0.327 e. The quantitative estimate of drug-likeness (QED) is 0.801. The van der Waals surface area contributed by atoms with Crippen LogP contribution in [0.2, 0.25) is 0 Å². The van der Waals surface area contributed by atoms with Crippen LogP contribution in [-0.2, 0) is 9.59 Å². The zero-order chi connectivity index (χ0) is 18.6. The van der Waals surface area contributed by atoms with Crippen molar-refractivity contribution in [3.05, 3.63) is 29.8 Å². The first kappa shape index (κ1) is 18.6. The van der Waals surface area contributed by atoms with E-state index < -0.39 is 11.9 Å². The molecule has 1 heterocycles. The van der Waals surface area contributed by atoms with E-state index in [9.17, 15) is 19.2 Å². The van der Waals surface area contributed by atoms with Crippen LogP contribution in [-0.4, -0.2) is 52.6 Å². The monoisotopic (exact) mass is 345 g/mol. The Balaban J connectivity index is 2.05. The lowest BCUT2D eigenvalue weighted by atomic mass is 10.1. The van der Waals surface area contributed by atoms with Crippen molar-refractivity contribution >= 4 is 29.3 Å². The van der Waals surface area contributed by atoms with Gasteiger partial charge in [0, 0.05) is 30.3 Å². The Morgan fingerprint density at radius 1 is 1.28 bits per heavy atom. The van der Waals surface area contributed by atoms with Crippen molar-refractivity contribution in [2.24, 2.45) is 0 Å². The second kappa shape index (κ2) is 7.92. The zero-order valence-electron chi connectivity index (χ0n) is 14.7. The summed E-state index contributed by atoms with van der Waals surface area (Å²) < 4.78 is 0. The second-order valence-electron chi connectivity index (χ2n) is 6.15. The number of ketones is 1. The fourth-order valence-corrected chi connectivity index (χ4v) is 2.65. The molecule has 0 aliphatic carbocycles. The van der Waals surface area contributed by atoms with Crippen molar-refractivity contribution in [1.82, 2.24) is 9.80 Å². The molecule has 0 unspecified atom stereocenters. The van der Waals surface area contributed by atoms with Crippen LogP contribution in [0.1, 0.15) is 44.0 Å². The molecule has 1 N–H and O–H groups in total. The highest BCUT2D eigenvalue weighted by molar-refractivity contribution is 6.03. The molecule has 1 atom stereocenters. The Kier molecular flexibility index (Phi) is 5.90. The SMILES string of the molecule is CC[C@@H](C)N1CCC(=O)N(CC(=O)Nc2cccc(C(C)=O)c2)C1=O. The van der Waals surface area contributed by atoms with E-state index in [1.165, 1.54) is 6.92 Å². The van der Waals surface area contributed by atoms with Gasteiger partial charge in [0.15, 0.2) is 5.78 Å². The summed E-state index contributed by atoms with van der Waals surface area (Å²) >= 11 is 0. The molecular weight excluding hydrogens is 322 g/mol. The first-order valence-electron chi connectivity index (χ1n) is 8.35. The Labute approximate surface area is 147 Å². The fraction of sp³-hybridized carbons (Fsp3) is 0.444. The van der Waals surface area contributed by atoms with E-state index in [2.05, 4.69) is 5.32 Å². The van der Waals surface area contributed by atoms with E-state index in [4.69, 9.17) is 0 Å². The molecule has 1 aliphatic rings. The molecule has 1 aromatic rings. The van der Waals surface area contributed by atoms with E-state index >= 15 is 0 Å². The van der Waals surface area contributed by atoms with Crippen molar-refractivity contribution in [2.45, 2.75) is 39.7 Å². The molecule has 25 heavy (non-hydrogen) atoms. The zero-order valence-corrected chi connectivity index (χ0v) is 14.7. The third kappa shape index (κ3) is 4.43. The maximum absolute atomic E-state index is 12.5. The van der Waals surface area contributed by atoms with Gasteiger partial charge in [0.05, 0.1) is 0 Å². The molecule has 0 bridgehead atoms. The van der Waals surface area contributed by atoms with Crippen molar-refractivity contribution in [3.63, 3.8) is 0 Å². The van der Waals surface area contributed by atoms with Gasteiger partial charge in [0.1, 0.15) is 6.54 Å². The number of hydrogen-bond acceptors (Lipinski definition) is 4. The van der Waals surface area contributed by atoms with Crippen LogP contribution in [0.3, 0.4) is 0 Å². The van der Waals surface area contributed by atoms with Crippen LogP contribution < -0.4 is 5.32 Å². The summed E-state index contributed by atoms with van der Waals surface area (Å²) in [6.45, 7) is 5.36. The molecule has 4 amide bonds. The fourth-order valence-electron chi connectivity index (χ4n) is 2.65. The predicted octanol–water partition coefficient (Wildman–Crippen LogP) is 2.28. The number of Topliss-reactive ketones (excluding diaryl/α,β-unsaturated/α-hetero) is 1. The molecule has 0 saturated carbocycles. The highest BCUT2D eigenvalue weighted by atomic mass is 16.2. The van der Waals surface area contributed by atoms with Gasteiger partial charge >= 0.3 is 6.03 Å². The lowest BCUT2D eigenvalue weighted by molar-refractivity contribution is -0.134. The van der Waals surface area contributed by atoms with Crippen molar-refractivity contribution in [3.8, 4) is 0 Å². The summed E-state index contributed by atoms with van der Waals surface area (Å²) in [5, 5.41) is 2.63. The minimum atomic E-state index is -0.478. The van der Waals surface area contributed by atoms with Crippen molar-refractivity contribution in [2.75, 3.05) is 18.4 Å². The summed E-state index contributed by atoms with van der Waals surface area (Å²) in [6, 6.07) is 6.10. The Bertz CT molecular complexity index is 701. The average Bonchev–Trinajstić information content (AvgIpc) is 2.58. The van der Waals surface area contributed by atoms with E-state index in [1.54, 1.807) is 29.2 Å². The van der Waals surface area contributed by atoms with Crippen molar-refractivity contribution < 1.29 is 19.2 Å². The molecule has 1 aliphatic heterocycles. The van der Waals surface area contributed by atoms with E-state index in [1.807, 2.05) is 13.8 Å². The third-order valence-electron chi connectivity index (χ3n) is 4.32. The Morgan fingerprint density at radius 3 is 2.64 bits per heavy atom. The normalized spacial score (nSPS) is 16.0. The van der Waals surface area contributed by atoms with Crippen molar-refractivity contribution in [1.29, 1.82) is 0 Å². The van der Waals surface area contributed by atoms with Gasteiger partial charge in [0.25, 0.3) is 0 Å². The van der Waals surface area contributed by atoms with Crippen LogP contribution in [0, 0.1) is 0 Å². The lowest BCUT2D eigenvalue weighted by Crippen LogP contribution is -2.56. The number of carbonyl (C=O) groups excluding carboxylic acids is 4. The van der Waals surface area contributed by atoms with Gasteiger partial charge < -0.3 is 10.2 Å². The maximum Gasteiger partial charge on any atom is 0.327 e. The minimum Gasteiger partial charge on any atom is -0.325 e. The van der Waals surface area contributed by atoms with Crippen LogP contribution >= 0.6 is 0 Å². The number of nitrogens with zero attached hydrogens (tertiary/aromatic N) is 2. The molecule has 1 saturated heterocycles. The molecule has 0 spiro atoms. The van der Waals surface area contributed by atoms with Gasteiger partial charge in [-0.3, -0.25) is 19.3 Å². The number of imide groups is 1. The molecule has 0 aromatic heterocycles. The molecule has 2 rings (SSSR count). The Hall–Kier alpha value is -2.70. The summed E-state index contributed by atoms with van der Waals surface area (Å²) in [4.78, 5) is 50.8. The van der Waals surface area contributed by atoms with Crippen LogP contribution in [0.15, 0.2) is 24.3 Å². The average molecular weight is 345 g/mol. The number of anilines is 1. The smallest absolute Gasteiger partial charge is 0.325 e. The first-order chi connectivity index (χ1) is 11.8. The van der Waals surface area contributed by atoms with Gasteiger partial charge in [-0.15, -0.1) is 0 Å². The van der Waals surface area contributed by atoms with Crippen LogP contribution in [0.4, 0.5) is 10.5 Å². The standard InChI is InChI=1S/C18H23N3O4/c1-4-12(2)20-9-8-17(24)21(18(20)25)11-16(23)19-15-7-5-6-14(10-15)13(3)22/h5-7,10,12H,4,8-9,11H2,1-3H3,(H,19,23)/t12-/m1/s1. The summed E-state index contributed by atoms with van der Waals surface area (Å²) in [5.74, 6) is -0.938. The minimum absolute atomic E-state index is 0.0124. The predicted molar refractivity (Wildman–Crippen MR) is 93.3 cm³/mol. The Morgan fingerprint density at radius 2 is 2.00 bits per heavy atom. The lowest BCUT2D eigenvalue weighted by Gasteiger charge is -2.37. The van der Waals surface area contributed by atoms with E-state index in [0.29, 0.717) is 17.8 Å². The maximum atomic E-state index is 12.5. The second-order valence-corrected chi connectivity index (χ2v) is 6.15. The summed E-state index contributed by atoms with van der Waals surface area (Å²) in [5.41, 5.74) is 0.930. The van der Waals surface area contributed by atoms with Gasteiger partial charge in [-0.1, -0.05) is 19.1 Å². The first-order valence-corrected chi connectivity index (χ1v) is 8.35. The molecule has 1 fully saturated rings. The van der Waals surface area contributed by atoms with Crippen LogP contribution in [0.5, 0.6) is 0 Å². The molecule has 0 radical (unpaired) electrons. The number of nitrogens with one attached hydrogen (secondary N) is 1. The van der Waals surface area contributed by atoms with Gasteiger partial charge in [-0.05, 0) is 32.4 Å². The number of carbonyl (C=O) groups is 4. The molecule has 7 heteroatoms. The summed E-state index contributed by atoms with van der Waals surface area (Å²) in [6.07, 6.45) is 0.987. The number of hydrogen-bond donors (Lipinski definition) is 1.